The highest BCUT2D eigenvalue weighted by molar-refractivity contribution is 9.10. The Morgan fingerprint density at radius 1 is 1.30 bits per heavy atom. The van der Waals surface area contributed by atoms with Gasteiger partial charge in [0.25, 0.3) is 0 Å². The fourth-order valence-corrected chi connectivity index (χ4v) is 2.44. The number of nitrogens with one attached hydrogen (secondary N) is 1. The van der Waals surface area contributed by atoms with E-state index in [4.69, 9.17) is 0 Å². The summed E-state index contributed by atoms with van der Waals surface area (Å²) in [7, 11) is 0. The zero-order chi connectivity index (χ0) is 14.5. The number of nitrogens with zero attached hydrogens (tertiary/aromatic N) is 1. The minimum Gasteiger partial charge on any atom is -0.506 e. The molecule has 106 valence electrons. The van der Waals surface area contributed by atoms with E-state index in [1.54, 1.807) is 13.1 Å². The van der Waals surface area contributed by atoms with Crippen LogP contribution in [0.15, 0.2) is 34.9 Å². The lowest BCUT2D eigenvalue weighted by Crippen LogP contribution is -2.15. The molecule has 5 heteroatoms. The number of pyridine rings is 1. The molecule has 2 aromatic rings. The Kier molecular flexibility index (Phi) is 5.11. The summed E-state index contributed by atoms with van der Waals surface area (Å²) in [5.74, 6) is 0.151. The number of aryl methyl sites for hydroxylation is 1. The minimum absolute atomic E-state index is 0.130. The number of aliphatic hydroxyl groups excluding tert-OH is 1. The van der Waals surface area contributed by atoms with Crippen LogP contribution in [-0.4, -0.2) is 15.2 Å². The average Bonchev–Trinajstić information content (AvgIpc) is 2.44. The largest absolute Gasteiger partial charge is 0.506 e. The van der Waals surface area contributed by atoms with Gasteiger partial charge in [0.1, 0.15) is 5.75 Å². The molecule has 0 aliphatic carbocycles. The number of aromatic hydroxyl groups is 1. The average molecular weight is 337 g/mol. The van der Waals surface area contributed by atoms with E-state index in [9.17, 15) is 10.2 Å². The predicted octanol–water partition coefficient (Wildman–Crippen LogP) is 2.64. The molecule has 0 radical (unpaired) electrons. The maximum Gasteiger partial charge on any atom is 0.141 e. The van der Waals surface area contributed by atoms with Gasteiger partial charge in [-0.25, -0.2) is 0 Å². The molecule has 0 fully saturated rings. The molecular weight excluding hydrogens is 320 g/mol. The Morgan fingerprint density at radius 3 is 2.80 bits per heavy atom. The van der Waals surface area contributed by atoms with Gasteiger partial charge in [0.15, 0.2) is 0 Å². The number of halogens is 1. The van der Waals surface area contributed by atoms with E-state index in [1.165, 1.54) is 0 Å². The van der Waals surface area contributed by atoms with Crippen molar-refractivity contribution >= 4 is 15.9 Å². The first-order chi connectivity index (χ1) is 9.61. The molecule has 0 aliphatic rings. The molecule has 1 aromatic carbocycles. The van der Waals surface area contributed by atoms with E-state index in [-0.39, 0.29) is 12.4 Å². The molecule has 3 N–H and O–H groups in total. The molecule has 0 spiro atoms. The number of hydrogen-bond acceptors (Lipinski definition) is 4. The lowest BCUT2D eigenvalue weighted by molar-refractivity contribution is 0.278. The first-order valence-corrected chi connectivity index (χ1v) is 7.13. The quantitative estimate of drug-likeness (QED) is 0.785. The molecule has 0 atom stereocenters. The van der Waals surface area contributed by atoms with Gasteiger partial charge in [-0.3, -0.25) is 4.98 Å². The van der Waals surface area contributed by atoms with Gasteiger partial charge in [-0.15, -0.1) is 0 Å². The molecule has 4 nitrogen and oxygen atoms in total. The van der Waals surface area contributed by atoms with Gasteiger partial charge in [0.05, 0.1) is 12.3 Å². The number of aromatic nitrogens is 1. The first kappa shape index (κ1) is 15.0. The van der Waals surface area contributed by atoms with Crippen molar-refractivity contribution in [3.05, 3.63) is 57.3 Å². The second-order valence-corrected chi connectivity index (χ2v) is 5.50. The lowest BCUT2D eigenvalue weighted by atomic mass is 10.1. The summed E-state index contributed by atoms with van der Waals surface area (Å²) in [5, 5.41) is 22.6. The van der Waals surface area contributed by atoms with Gasteiger partial charge in [-0.1, -0.05) is 28.1 Å². The summed E-state index contributed by atoms with van der Waals surface area (Å²) >= 11 is 3.43. The molecule has 0 saturated carbocycles. The van der Waals surface area contributed by atoms with Gasteiger partial charge in [0, 0.05) is 34.9 Å². The molecule has 0 bridgehead atoms. The zero-order valence-electron chi connectivity index (χ0n) is 11.2. The molecule has 1 aromatic heterocycles. The second-order valence-electron chi connectivity index (χ2n) is 4.59. The van der Waals surface area contributed by atoms with Crippen LogP contribution < -0.4 is 5.32 Å². The van der Waals surface area contributed by atoms with E-state index in [0.29, 0.717) is 29.9 Å². The SMILES string of the molecule is Cc1ncc(CO)c(CNCc2cccc(Br)c2)c1O. The van der Waals surface area contributed by atoms with E-state index >= 15 is 0 Å². The van der Waals surface area contributed by atoms with Gasteiger partial charge < -0.3 is 15.5 Å². The van der Waals surface area contributed by atoms with Crippen molar-refractivity contribution in [3.8, 4) is 5.75 Å². The number of aliphatic hydroxyl groups is 1. The van der Waals surface area contributed by atoms with Gasteiger partial charge in [-0.2, -0.15) is 0 Å². The third kappa shape index (κ3) is 3.56. The van der Waals surface area contributed by atoms with Crippen molar-refractivity contribution in [1.29, 1.82) is 0 Å². The highest BCUT2D eigenvalue weighted by Gasteiger charge is 2.10. The number of benzene rings is 1. The molecule has 1 heterocycles. The molecular formula is C15H17BrN2O2. The summed E-state index contributed by atoms with van der Waals surface area (Å²) < 4.78 is 1.04. The second kappa shape index (κ2) is 6.83. The fourth-order valence-electron chi connectivity index (χ4n) is 2.00. The Hall–Kier alpha value is -1.43. The Labute approximate surface area is 126 Å². The molecule has 2 rings (SSSR count). The molecule has 0 unspecified atom stereocenters. The zero-order valence-corrected chi connectivity index (χ0v) is 12.8. The third-order valence-electron chi connectivity index (χ3n) is 3.12. The van der Waals surface area contributed by atoms with Gasteiger partial charge in [0.2, 0.25) is 0 Å². The normalized spacial score (nSPS) is 10.8. The molecule has 20 heavy (non-hydrogen) atoms. The highest BCUT2D eigenvalue weighted by Crippen LogP contribution is 2.23. The Bertz CT molecular complexity index is 602. The van der Waals surface area contributed by atoms with E-state index < -0.39 is 0 Å². The van der Waals surface area contributed by atoms with Crippen LogP contribution in [0, 0.1) is 6.92 Å². The first-order valence-electron chi connectivity index (χ1n) is 6.34. The standard InChI is InChI=1S/C15H17BrN2O2/c1-10-15(20)14(12(9-19)7-18-10)8-17-6-11-3-2-4-13(16)5-11/h2-5,7,17,19-20H,6,8-9H2,1H3. The van der Waals surface area contributed by atoms with Crippen LogP contribution in [-0.2, 0) is 19.7 Å². The summed E-state index contributed by atoms with van der Waals surface area (Å²) in [6, 6.07) is 8.03. The maximum absolute atomic E-state index is 10.0. The van der Waals surface area contributed by atoms with Crippen LogP contribution in [0.2, 0.25) is 0 Å². The van der Waals surface area contributed by atoms with Crippen molar-refractivity contribution in [2.45, 2.75) is 26.6 Å². The maximum atomic E-state index is 10.0. The van der Waals surface area contributed by atoms with Crippen molar-refractivity contribution in [1.82, 2.24) is 10.3 Å². The van der Waals surface area contributed by atoms with E-state index in [1.807, 2.05) is 24.3 Å². The predicted molar refractivity (Wildman–Crippen MR) is 81.2 cm³/mol. The van der Waals surface area contributed by atoms with Crippen molar-refractivity contribution in [2.75, 3.05) is 0 Å². The molecule has 0 saturated heterocycles. The summed E-state index contributed by atoms with van der Waals surface area (Å²) in [5.41, 5.74) is 3.07. The molecule has 0 aliphatic heterocycles. The van der Waals surface area contributed by atoms with Crippen LogP contribution in [0.4, 0.5) is 0 Å². The monoisotopic (exact) mass is 336 g/mol. The fraction of sp³-hybridized carbons (Fsp3) is 0.267. The molecule has 0 amide bonds. The van der Waals surface area contributed by atoms with Crippen molar-refractivity contribution in [2.24, 2.45) is 0 Å². The van der Waals surface area contributed by atoms with Crippen molar-refractivity contribution in [3.63, 3.8) is 0 Å². The minimum atomic E-state index is -0.130. The Morgan fingerprint density at radius 2 is 2.10 bits per heavy atom. The summed E-state index contributed by atoms with van der Waals surface area (Å²) in [4.78, 5) is 4.04. The summed E-state index contributed by atoms with van der Waals surface area (Å²) in [6.45, 7) is 2.78. The van der Waals surface area contributed by atoms with Crippen molar-refractivity contribution < 1.29 is 10.2 Å². The highest BCUT2D eigenvalue weighted by atomic mass is 79.9. The van der Waals surface area contributed by atoms with Crippen LogP contribution >= 0.6 is 15.9 Å². The van der Waals surface area contributed by atoms with Crippen LogP contribution in [0.3, 0.4) is 0 Å². The van der Waals surface area contributed by atoms with Crippen LogP contribution in [0.25, 0.3) is 0 Å². The Balaban J connectivity index is 2.06. The smallest absolute Gasteiger partial charge is 0.141 e. The van der Waals surface area contributed by atoms with Crippen LogP contribution in [0.5, 0.6) is 5.75 Å². The lowest BCUT2D eigenvalue weighted by Gasteiger charge is -2.12. The third-order valence-corrected chi connectivity index (χ3v) is 3.61. The number of hydrogen-bond donors (Lipinski definition) is 3. The van der Waals surface area contributed by atoms with Gasteiger partial charge >= 0.3 is 0 Å². The van der Waals surface area contributed by atoms with Gasteiger partial charge in [-0.05, 0) is 24.6 Å². The van der Waals surface area contributed by atoms with Crippen LogP contribution in [0.1, 0.15) is 22.4 Å². The number of rotatable bonds is 5. The topological polar surface area (TPSA) is 65.4 Å². The van der Waals surface area contributed by atoms with E-state index in [0.717, 1.165) is 10.0 Å². The summed E-state index contributed by atoms with van der Waals surface area (Å²) in [6.07, 6.45) is 1.60. The van der Waals surface area contributed by atoms with E-state index in [2.05, 4.69) is 26.2 Å².